The maximum absolute atomic E-state index is 13.6. The Morgan fingerprint density at radius 3 is 2.63 bits per heavy atom. The first-order valence-corrected chi connectivity index (χ1v) is 6.57. The minimum Gasteiger partial charge on any atom is -0.494 e. The number of hydrogen-bond acceptors (Lipinski definition) is 3. The molecule has 1 aromatic carbocycles. The zero-order chi connectivity index (χ0) is 14.0. The van der Waals surface area contributed by atoms with Gasteiger partial charge in [0.05, 0.1) is 13.2 Å². The Morgan fingerprint density at radius 1 is 1.37 bits per heavy atom. The molecule has 0 aliphatic heterocycles. The van der Waals surface area contributed by atoms with E-state index in [2.05, 4.69) is 19.2 Å². The number of methoxy groups -OCH3 is 2. The highest BCUT2D eigenvalue weighted by atomic mass is 19.1. The van der Waals surface area contributed by atoms with Crippen molar-refractivity contribution in [3.05, 3.63) is 29.6 Å². The van der Waals surface area contributed by atoms with E-state index in [0.29, 0.717) is 18.7 Å². The summed E-state index contributed by atoms with van der Waals surface area (Å²) in [7, 11) is 3.22. The fraction of sp³-hybridized carbons (Fsp3) is 0.600. The van der Waals surface area contributed by atoms with E-state index in [9.17, 15) is 4.39 Å². The van der Waals surface area contributed by atoms with Crippen LogP contribution in [0.3, 0.4) is 0 Å². The van der Waals surface area contributed by atoms with Crippen molar-refractivity contribution in [3.63, 3.8) is 0 Å². The molecule has 2 unspecified atom stereocenters. The standard InChI is InChI=1S/C15H22FNO2/c1-15(2)13(8-14(15)19-4)17-9-10-5-6-12(18-3)11(16)7-10/h5-7,13-14,17H,8-9H2,1-4H3. The molecule has 0 heterocycles. The molecule has 19 heavy (non-hydrogen) atoms. The molecule has 1 aromatic rings. The van der Waals surface area contributed by atoms with Gasteiger partial charge in [-0.15, -0.1) is 0 Å². The predicted molar refractivity (Wildman–Crippen MR) is 72.8 cm³/mol. The van der Waals surface area contributed by atoms with Crippen LogP contribution in [0.5, 0.6) is 5.75 Å². The first kappa shape index (κ1) is 14.3. The maximum Gasteiger partial charge on any atom is 0.165 e. The van der Waals surface area contributed by atoms with Gasteiger partial charge in [-0.25, -0.2) is 4.39 Å². The summed E-state index contributed by atoms with van der Waals surface area (Å²) in [5.74, 6) is -0.0309. The third-order valence-corrected chi connectivity index (χ3v) is 4.23. The second-order valence-corrected chi connectivity index (χ2v) is 5.68. The second kappa shape index (κ2) is 5.47. The van der Waals surface area contributed by atoms with Gasteiger partial charge >= 0.3 is 0 Å². The van der Waals surface area contributed by atoms with E-state index in [1.165, 1.54) is 13.2 Å². The van der Waals surface area contributed by atoms with Crippen LogP contribution in [0.4, 0.5) is 4.39 Å². The van der Waals surface area contributed by atoms with Crippen LogP contribution in [-0.4, -0.2) is 26.4 Å². The van der Waals surface area contributed by atoms with Crippen molar-refractivity contribution in [3.8, 4) is 5.75 Å². The van der Waals surface area contributed by atoms with Crippen LogP contribution in [0.25, 0.3) is 0 Å². The summed E-state index contributed by atoms with van der Waals surface area (Å²) in [6.45, 7) is 5.04. The molecule has 4 heteroatoms. The van der Waals surface area contributed by atoms with Crippen molar-refractivity contribution >= 4 is 0 Å². The fourth-order valence-corrected chi connectivity index (χ4v) is 2.69. The predicted octanol–water partition coefficient (Wildman–Crippen LogP) is 2.74. The number of ether oxygens (including phenoxy) is 2. The van der Waals surface area contributed by atoms with Gasteiger partial charge in [0, 0.05) is 25.1 Å². The third kappa shape index (κ3) is 2.74. The molecular formula is C15H22FNO2. The van der Waals surface area contributed by atoms with Gasteiger partial charge in [0.1, 0.15) is 0 Å². The first-order chi connectivity index (χ1) is 8.98. The highest BCUT2D eigenvalue weighted by Gasteiger charge is 2.48. The second-order valence-electron chi connectivity index (χ2n) is 5.68. The van der Waals surface area contributed by atoms with Gasteiger partial charge in [-0.05, 0) is 24.1 Å². The number of rotatable bonds is 5. The molecule has 0 saturated heterocycles. The van der Waals surface area contributed by atoms with Crippen LogP contribution in [0.2, 0.25) is 0 Å². The molecule has 0 aromatic heterocycles. The summed E-state index contributed by atoms with van der Waals surface area (Å²) in [5, 5.41) is 3.47. The zero-order valence-corrected chi connectivity index (χ0v) is 12.0. The summed E-state index contributed by atoms with van der Waals surface area (Å²) in [5.41, 5.74) is 1.05. The summed E-state index contributed by atoms with van der Waals surface area (Å²) in [4.78, 5) is 0. The Labute approximate surface area is 114 Å². The van der Waals surface area contributed by atoms with Gasteiger partial charge in [-0.1, -0.05) is 19.9 Å². The topological polar surface area (TPSA) is 30.5 Å². The van der Waals surface area contributed by atoms with Gasteiger partial charge in [0.25, 0.3) is 0 Å². The minimum atomic E-state index is -0.315. The Balaban J connectivity index is 1.92. The highest BCUT2D eigenvalue weighted by molar-refractivity contribution is 5.29. The molecule has 1 N–H and O–H groups in total. The van der Waals surface area contributed by atoms with E-state index in [-0.39, 0.29) is 17.0 Å². The average Bonchev–Trinajstić information content (AvgIpc) is 2.38. The van der Waals surface area contributed by atoms with E-state index in [1.54, 1.807) is 13.2 Å². The molecule has 1 aliphatic carbocycles. The molecule has 0 amide bonds. The van der Waals surface area contributed by atoms with Crippen molar-refractivity contribution in [2.45, 2.75) is 39.0 Å². The molecule has 1 fully saturated rings. The van der Waals surface area contributed by atoms with Gasteiger partial charge in [0.15, 0.2) is 11.6 Å². The summed E-state index contributed by atoms with van der Waals surface area (Å²) >= 11 is 0. The van der Waals surface area contributed by atoms with Crippen molar-refractivity contribution in [1.82, 2.24) is 5.32 Å². The van der Waals surface area contributed by atoms with Gasteiger partial charge < -0.3 is 14.8 Å². The van der Waals surface area contributed by atoms with E-state index >= 15 is 0 Å². The molecule has 3 nitrogen and oxygen atoms in total. The van der Waals surface area contributed by atoms with E-state index in [0.717, 1.165) is 12.0 Å². The Bertz CT molecular complexity index is 448. The van der Waals surface area contributed by atoms with Gasteiger partial charge in [0.2, 0.25) is 0 Å². The van der Waals surface area contributed by atoms with E-state index < -0.39 is 0 Å². The maximum atomic E-state index is 13.6. The lowest BCUT2D eigenvalue weighted by molar-refractivity contribution is -0.0979. The van der Waals surface area contributed by atoms with Crippen molar-refractivity contribution < 1.29 is 13.9 Å². The molecule has 106 valence electrons. The molecule has 1 aliphatic rings. The van der Waals surface area contributed by atoms with Crippen LogP contribution >= 0.6 is 0 Å². The Hall–Kier alpha value is -1.13. The molecule has 0 spiro atoms. The number of nitrogens with one attached hydrogen (secondary N) is 1. The molecular weight excluding hydrogens is 245 g/mol. The van der Waals surface area contributed by atoms with Crippen LogP contribution in [0.1, 0.15) is 25.8 Å². The largest absolute Gasteiger partial charge is 0.494 e. The van der Waals surface area contributed by atoms with Crippen LogP contribution in [0, 0.1) is 11.2 Å². The van der Waals surface area contributed by atoms with Crippen molar-refractivity contribution in [1.29, 1.82) is 0 Å². The molecule has 0 bridgehead atoms. The molecule has 2 atom stereocenters. The SMILES string of the molecule is COc1ccc(CNC2CC(OC)C2(C)C)cc1F. The normalized spacial score (nSPS) is 24.9. The van der Waals surface area contributed by atoms with Gasteiger partial charge in [-0.2, -0.15) is 0 Å². The third-order valence-electron chi connectivity index (χ3n) is 4.23. The van der Waals surface area contributed by atoms with Gasteiger partial charge in [-0.3, -0.25) is 0 Å². The van der Waals surface area contributed by atoms with Crippen LogP contribution in [0.15, 0.2) is 18.2 Å². The summed E-state index contributed by atoms with van der Waals surface area (Å²) in [6, 6.07) is 5.47. The van der Waals surface area contributed by atoms with Crippen molar-refractivity contribution in [2.24, 2.45) is 5.41 Å². The summed E-state index contributed by atoms with van der Waals surface area (Å²) < 4.78 is 23.9. The molecule has 1 saturated carbocycles. The molecule has 0 radical (unpaired) electrons. The summed E-state index contributed by atoms with van der Waals surface area (Å²) in [6.07, 6.45) is 1.31. The lowest BCUT2D eigenvalue weighted by atomic mass is 9.64. The van der Waals surface area contributed by atoms with E-state index in [1.807, 2.05) is 6.07 Å². The fourth-order valence-electron chi connectivity index (χ4n) is 2.69. The Kier molecular flexibility index (Phi) is 4.11. The number of hydrogen-bond donors (Lipinski definition) is 1. The van der Waals surface area contributed by atoms with Crippen molar-refractivity contribution in [2.75, 3.05) is 14.2 Å². The zero-order valence-electron chi connectivity index (χ0n) is 12.0. The lowest BCUT2D eigenvalue weighted by Crippen LogP contribution is -2.60. The quantitative estimate of drug-likeness (QED) is 0.890. The number of benzene rings is 1. The lowest BCUT2D eigenvalue weighted by Gasteiger charge is -2.51. The minimum absolute atomic E-state index is 0.125. The monoisotopic (exact) mass is 267 g/mol. The number of halogens is 1. The highest BCUT2D eigenvalue weighted by Crippen LogP contribution is 2.42. The molecule has 2 rings (SSSR count). The van der Waals surface area contributed by atoms with Crippen LogP contribution < -0.4 is 10.1 Å². The van der Waals surface area contributed by atoms with E-state index in [4.69, 9.17) is 9.47 Å². The van der Waals surface area contributed by atoms with Crippen LogP contribution in [-0.2, 0) is 11.3 Å². The Morgan fingerprint density at radius 2 is 2.11 bits per heavy atom. The average molecular weight is 267 g/mol. The smallest absolute Gasteiger partial charge is 0.165 e. The first-order valence-electron chi connectivity index (χ1n) is 6.57.